The Bertz CT molecular complexity index is 903. The third kappa shape index (κ3) is 3.48. The Hall–Kier alpha value is -3.02. The van der Waals surface area contributed by atoms with Gasteiger partial charge in [0.2, 0.25) is 0 Å². The lowest BCUT2D eigenvalue weighted by atomic mass is 10.1. The van der Waals surface area contributed by atoms with Gasteiger partial charge in [-0.2, -0.15) is 0 Å². The number of carbonyl (C=O) groups is 1. The molecule has 1 heterocycles. The molecule has 1 amide bonds. The molecule has 3 rings (SSSR count). The monoisotopic (exact) mass is 326 g/mol. The predicted molar refractivity (Wildman–Crippen MR) is 86.6 cm³/mol. The van der Waals surface area contributed by atoms with Crippen molar-refractivity contribution in [3.8, 4) is 11.3 Å². The van der Waals surface area contributed by atoms with Crippen LogP contribution in [0.25, 0.3) is 11.3 Å². The molecule has 0 aromatic heterocycles. The average Bonchev–Trinajstić information content (AvgIpc) is 2.55. The molecular weight excluding hydrogens is 311 g/mol. The Morgan fingerprint density at radius 3 is 2.71 bits per heavy atom. The first-order valence-corrected chi connectivity index (χ1v) is 7.47. The molecule has 122 valence electrons. The number of nitrogens with one attached hydrogen (secondary N) is 1. The third-order valence-corrected chi connectivity index (χ3v) is 3.59. The summed E-state index contributed by atoms with van der Waals surface area (Å²) in [6.45, 7) is 2.15. The van der Waals surface area contributed by atoms with E-state index >= 15 is 0 Å². The molecule has 5 nitrogen and oxygen atoms in total. The van der Waals surface area contributed by atoms with Crippen LogP contribution in [0.5, 0.6) is 0 Å². The second kappa shape index (κ2) is 6.62. The molecule has 1 N–H and O–H groups in total. The van der Waals surface area contributed by atoms with Crippen molar-refractivity contribution in [1.82, 2.24) is 10.3 Å². The van der Waals surface area contributed by atoms with Crippen LogP contribution in [-0.2, 0) is 6.42 Å². The van der Waals surface area contributed by atoms with Gasteiger partial charge in [-0.1, -0.05) is 0 Å². The topological polar surface area (TPSA) is 72.2 Å². The van der Waals surface area contributed by atoms with Gasteiger partial charge in [0.1, 0.15) is 11.6 Å². The summed E-state index contributed by atoms with van der Waals surface area (Å²) in [5.41, 5.74) is 1.80. The normalized spacial score (nSPS) is 10.8. The van der Waals surface area contributed by atoms with Crippen LogP contribution in [0.4, 0.5) is 4.39 Å². The van der Waals surface area contributed by atoms with E-state index in [4.69, 9.17) is 4.42 Å². The summed E-state index contributed by atoms with van der Waals surface area (Å²) in [5, 5.41) is 2.72. The third-order valence-electron chi connectivity index (χ3n) is 3.59. The van der Waals surface area contributed by atoms with Gasteiger partial charge >= 0.3 is 0 Å². The molecule has 0 atom stereocenters. The Morgan fingerprint density at radius 2 is 1.96 bits per heavy atom. The Morgan fingerprint density at radius 1 is 1.21 bits per heavy atom. The second-order valence-electron chi connectivity index (χ2n) is 5.36. The van der Waals surface area contributed by atoms with Crippen LogP contribution < -0.4 is 10.7 Å². The lowest BCUT2D eigenvalue weighted by molar-refractivity contribution is 0.0953. The van der Waals surface area contributed by atoms with Gasteiger partial charge in [0.05, 0.1) is 5.69 Å². The summed E-state index contributed by atoms with van der Waals surface area (Å²) in [6, 6.07) is 9.88. The highest BCUT2D eigenvalue weighted by atomic mass is 19.1. The van der Waals surface area contributed by atoms with Crippen LogP contribution in [-0.4, -0.2) is 17.4 Å². The maximum atomic E-state index is 12.8. The first-order valence-electron chi connectivity index (χ1n) is 7.47. The van der Waals surface area contributed by atoms with Crippen LogP contribution in [0, 0.1) is 12.7 Å². The summed E-state index contributed by atoms with van der Waals surface area (Å²) in [5.74, 6) is 0.230. The largest absolute Gasteiger partial charge is 0.442 e. The van der Waals surface area contributed by atoms with Crippen molar-refractivity contribution in [3.63, 3.8) is 0 Å². The van der Waals surface area contributed by atoms with Crippen molar-refractivity contribution < 1.29 is 13.6 Å². The molecule has 1 aliphatic heterocycles. The zero-order chi connectivity index (χ0) is 17.1. The molecule has 24 heavy (non-hydrogen) atoms. The van der Waals surface area contributed by atoms with E-state index in [1.54, 1.807) is 6.07 Å². The van der Waals surface area contributed by atoms with E-state index in [1.165, 1.54) is 36.4 Å². The number of nitrogens with zero attached hydrogens (tertiary/aromatic N) is 1. The molecule has 0 spiro atoms. The summed E-state index contributed by atoms with van der Waals surface area (Å²) < 4.78 is 18.5. The highest BCUT2D eigenvalue weighted by Crippen LogP contribution is 2.23. The molecule has 0 bridgehead atoms. The smallest absolute Gasteiger partial charge is 0.251 e. The maximum Gasteiger partial charge on any atom is 0.251 e. The highest BCUT2D eigenvalue weighted by molar-refractivity contribution is 5.94. The van der Waals surface area contributed by atoms with Crippen LogP contribution >= 0.6 is 0 Å². The molecule has 0 radical (unpaired) electrons. The van der Waals surface area contributed by atoms with Gasteiger partial charge in [-0.05, 0) is 43.3 Å². The van der Waals surface area contributed by atoms with Gasteiger partial charge < -0.3 is 9.73 Å². The van der Waals surface area contributed by atoms with E-state index in [0.29, 0.717) is 30.2 Å². The highest BCUT2D eigenvalue weighted by Gasteiger charge is 2.12. The van der Waals surface area contributed by atoms with Crippen LogP contribution in [0.3, 0.4) is 0 Å². The fraction of sp³-hybridized carbons (Fsp3) is 0.167. The van der Waals surface area contributed by atoms with E-state index in [2.05, 4.69) is 10.3 Å². The summed E-state index contributed by atoms with van der Waals surface area (Å²) >= 11 is 0. The van der Waals surface area contributed by atoms with Crippen molar-refractivity contribution in [3.05, 3.63) is 75.7 Å². The molecule has 0 fully saturated rings. The number of carbonyl (C=O) groups excluding carboxylic acids is 1. The lowest BCUT2D eigenvalue weighted by Gasteiger charge is -2.10. The number of hydrogen-bond donors (Lipinski definition) is 1. The van der Waals surface area contributed by atoms with Gasteiger partial charge in [-0.25, -0.2) is 9.37 Å². The minimum absolute atomic E-state index is 0.132. The first-order chi connectivity index (χ1) is 11.5. The molecule has 2 aliphatic rings. The fourth-order valence-electron chi connectivity index (χ4n) is 2.38. The number of amides is 1. The molecule has 0 unspecified atom stereocenters. The van der Waals surface area contributed by atoms with E-state index in [1.807, 2.05) is 6.92 Å². The zero-order valence-corrected chi connectivity index (χ0v) is 13.0. The molecule has 1 aromatic carbocycles. The minimum Gasteiger partial charge on any atom is -0.442 e. The molecule has 0 saturated carbocycles. The minimum atomic E-state index is -0.390. The van der Waals surface area contributed by atoms with Crippen molar-refractivity contribution in [2.75, 3.05) is 6.54 Å². The summed E-state index contributed by atoms with van der Waals surface area (Å²) in [4.78, 5) is 27.7. The van der Waals surface area contributed by atoms with Crippen molar-refractivity contribution in [1.29, 1.82) is 0 Å². The number of halogens is 1. The van der Waals surface area contributed by atoms with Gasteiger partial charge in [0, 0.05) is 30.2 Å². The SMILES string of the molecule is Cc1nc(CCNC(=O)c2ccc(F)cc2)oc2cc(=O)ccc1-2. The van der Waals surface area contributed by atoms with Crippen molar-refractivity contribution in [2.24, 2.45) is 0 Å². The zero-order valence-electron chi connectivity index (χ0n) is 13.0. The Balaban J connectivity index is 1.68. The quantitative estimate of drug-likeness (QED) is 0.800. The average molecular weight is 326 g/mol. The van der Waals surface area contributed by atoms with Gasteiger partial charge in [0.15, 0.2) is 11.3 Å². The van der Waals surface area contributed by atoms with Crippen LogP contribution in [0.1, 0.15) is 21.9 Å². The Kier molecular flexibility index (Phi) is 4.37. The van der Waals surface area contributed by atoms with Crippen molar-refractivity contribution in [2.45, 2.75) is 13.3 Å². The van der Waals surface area contributed by atoms with Crippen LogP contribution in [0.2, 0.25) is 0 Å². The summed E-state index contributed by atoms with van der Waals surface area (Å²) in [6.07, 6.45) is 0.382. The first kappa shape index (κ1) is 15.9. The molecule has 1 aromatic rings. The number of hydrogen-bond acceptors (Lipinski definition) is 4. The number of aromatic nitrogens is 1. The summed E-state index contributed by atoms with van der Waals surface area (Å²) in [7, 11) is 0. The molecule has 6 heteroatoms. The predicted octanol–water partition coefficient (Wildman–Crippen LogP) is 2.56. The molecule has 1 aliphatic carbocycles. The fourth-order valence-corrected chi connectivity index (χ4v) is 2.38. The van der Waals surface area contributed by atoms with E-state index < -0.39 is 0 Å². The van der Waals surface area contributed by atoms with Crippen LogP contribution in [0.15, 0.2) is 51.7 Å². The second-order valence-corrected chi connectivity index (χ2v) is 5.36. The Labute approximate surface area is 137 Å². The molecule has 0 saturated heterocycles. The number of fused-ring (bicyclic) bond motifs is 1. The number of rotatable bonds is 4. The van der Waals surface area contributed by atoms with Gasteiger partial charge in [-0.3, -0.25) is 9.59 Å². The lowest BCUT2D eigenvalue weighted by Crippen LogP contribution is -2.26. The van der Waals surface area contributed by atoms with E-state index in [9.17, 15) is 14.0 Å². The van der Waals surface area contributed by atoms with Gasteiger partial charge in [-0.15, -0.1) is 0 Å². The molecular formula is C18H15FN2O3. The standard InChI is InChI=1S/C18H15FN2O3/c1-11-15-7-6-14(22)10-16(15)24-17(21-11)8-9-20-18(23)12-2-4-13(19)5-3-12/h2-7,10H,8-9H2,1H3,(H,20,23). The van der Waals surface area contributed by atoms with Crippen molar-refractivity contribution >= 4 is 5.91 Å². The van der Waals surface area contributed by atoms with E-state index in [0.717, 1.165) is 11.3 Å². The van der Waals surface area contributed by atoms with Gasteiger partial charge in [0.25, 0.3) is 5.91 Å². The number of aryl methyl sites for hydroxylation is 1. The maximum absolute atomic E-state index is 12.8. The number of benzene rings is 2. The van der Waals surface area contributed by atoms with E-state index in [-0.39, 0.29) is 17.2 Å².